The standard InChI is InChI=1S/C9H8N2O2S/c12-14(13)11-8-5-1-3-7-4-2-6-10-9(7)8/h1-6,14H,(H,11,12,13). The minimum absolute atomic E-state index is 0.513. The average Bonchev–Trinajstić information content (AvgIpc) is 2.18. The summed E-state index contributed by atoms with van der Waals surface area (Å²) in [5.41, 5.74) is 1.17. The monoisotopic (exact) mass is 208 g/mol. The normalized spacial score (nSPS) is 10.6. The van der Waals surface area contributed by atoms with Crippen molar-refractivity contribution in [1.82, 2.24) is 4.98 Å². The molecule has 0 aliphatic rings. The lowest BCUT2D eigenvalue weighted by atomic mass is 10.2. The Hall–Kier alpha value is -1.62. The number of rotatable bonds is 2. The van der Waals surface area contributed by atoms with Gasteiger partial charge in [0.15, 0.2) is 0 Å². The van der Waals surface area contributed by atoms with Crippen LogP contribution in [0.25, 0.3) is 10.9 Å². The lowest BCUT2D eigenvalue weighted by Gasteiger charge is -2.02. The van der Waals surface area contributed by atoms with Gasteiger partial charge in [-0.3, -0.25) is 9.71 Å². The second-order valence-corrected chi connectivity index (χ2v) is 3.49. The van der Waals surface area contributed by atoms with Gasteiger partial charge < -0.3 is 0 Å². The summed E-state index contributed by atoms with van der Waals surface area (Å²) in [5.74, 6) is 0. The van der Waals surface area contributed by atoms with E-state index >= 15 is 0 Å². The number of thiol groups is 1. The first-order valence-electron chi connectivity index (χ1n) is 4.02. The molecule has 0 unspecified atom stereocenters. The summed E-state index contributed by atoms with van der Waals surface area (Å²) >= 11 is 0. The Bertz CT molecular complexity index is 524. The average molecular weight is 208 g/mol. The summed E-state index contributed by atoms with van der Waals surface area (Å²) in [7, 11) is -2.64. The minimum atomic E-state index is -2.64. The van der Waals surface area contributed by atoms with Crippen LogP contribution in [0, 0.1) is 0 Å². The number of pyridine rings is 1. The first kappa shape index (κ1) is 8.96. The molecule has 0 atom stereocenters. The number of anilines is 1. The fraction of sp³-hybridized carbons (Fsp3) is 0. The van der Waals surface area contributed by atoms with E-state index in [4.69, 9.17) is 0 Å². The van der Waals surface area contributed by atoms with Gasteiger partial charge >= 0.3 is 0 Å². The fourth-order valence-corrected chi connectivity index (χ4v) is 1.67. The molecule has 1 aromatic carbocycles. The zero-order valence-electron chi connectivity index (χ0n) is 7.18. The molecule has 0 bridgehead atoms. The Balaban J connectivity index is 2.64. The SMILES string of the molecule is O=[SH](=O)Nc1cccc2cccnc12. The highest BCUT2D eigenvalue weighted by Gasteiger charge is 2.00. The minimum Gasteiger partial charge on any atom is -0.284 e. The highest BCUT2D eigenvalue weighted by atomic mass is 32.2. The van der Waals surface area contributed by atoms with Crippen LogP contribution >= 0.6 is 0 Å². The molecule has 1 aromatic heterocycles. The highest BCUT2D eigenvalue weighted by molar-refractivity contribution is 7.73. The predicted molar refractivity (Wildman–Crippen MR) is 55.7 cm³/mol. The number of nitrogens with zero attached hydrogens (tertiary/aromatic N) is 1. The van der Waals surface area contributed by atoms with Gasteiger partial charge in [-0.05, 0) is 12.1 Å². The van der Waals surface area contributed by atoms with Crippen LogP contribution in [0.5, 0.6) is 0 Å². The van der Waals surface area contributed by atoms with Gasteiger partial charge in [-0.2, -0.15) is 0 Å². The summed E-state index contributed by atoms with van der Waals surface area (Å²) in [6.07, 6.45) is 1.63. The number of aromatic nitrogens is 1. The van der Waals surface area contributed by atoms with E-state index in [1.807, 2.05) is 18.2 Å². The van der Waals surface area contributed by atoms with Crippen molar-refractivity contribution in [2.24, 2.45) is 0 Å². The zero-order valence-corrected chi connectivity index (χ0v) is 8.07. The predicted octanol–water partition coefficient (Wildman–Crippen LogP) is 1.17. The molecule has 0 saturated heterocycles. The summed E-state index contributed by atoms with van der Waals surface area (Å²) in [6.45, 7) is 0. The third-order valence-corrected chi connectivity index (χ3v) is 2.27. The van der Waals surface area contributed by atoms with Gasteiger partial charge in [-0.15, -0.1) is 0 Å². The number of nitrogens with one attached hydrogen (secondary N) is 1. The summed E-state index contributed by atoms with van der Waals surface area (Å²) < 4.78 is 23.4. The van der Waals surface area contributed by atoms with Crippen molar-refractivity contribution in [3.8, 4) is 0 Å². The van der Waals surface area contributed by atoms with Gasteiger partial charge in [0.25, 0.3) is 0 Å². The van der Waals surface area contributed by atoms with E-state index in [0.717, 1.165) is 5.39 Å². The lowest BCUT2D eigenvalue weighted by Crippen LogP contribution is -1.96. The van der Waals surface area contributed by atoms with Crippen LogP contribution in [0.2, 0.25) is 0 Å². The fourth-order valence-electron chi connectivity index (χ4n) is 1.29. The van der Waals surface area contributed by atoms with E-state index in [1.165, 1.54) is 0 Å². The molecule has 0 amide bonds. The molecule has 14 heavy (non-hydrogen) atoms. The Morgan fingerprint density at radius 2 is 1.93 bits per heavy atom. The van der Waals surface area contributed by atoms with Crippen molar-refractivity contribution >= 4 is 27.5 Å². The molecule has 2 aromatic rings. The molecule has 0 saturated carbocycles. The Labute approximate surface area is 82.7 Å². The van der Waals surface area contributed by atoms with E-state index in [2.05, 4.69) is 9.71 Å². The molecule has 0 spiro atoms. The van der Waals surface area contributed by atoms with Crippen molar-refractivity contribution in [3.05, 3.63) is 36.5 Å². The van der Waals surface area contributed by atoms with Crippen LogP contribution in [-0.4, -0.2) is 13.4 Å². The van der Waals surface area contributed by atoms with Crippen LogP contribution in [0.4, 0.5) is 5.69 Å². The largest absolute Gasteiger partial charge is 0.284 e. The number of para-hydroxylation sites is 1. The highest BCUT2D eigenvalue weighted by Crippen LogP contribution is 2.20. The van der Waals surface area contributed by atoms with Gasteiger partial charge in [-0.1, -0.05) is 18.2 Å². The number of hydrogen-bond acceptors (Lipinski definition) is 3. The molecule has 1 N–H and O–H groups in total. The maximum atomic E-state index is 10.5. The Kier molecular flexibility index (Phi) is 2.32. The van der Waals surface area contributed by atoms with E-state index < -0.39 is 10.9 Å². The first-order chi connectivity index (χ1) is 6.77. The molecule has 72 valence electrons. The van der Waals surface area contributed by atoms with Crippen molar-refractivity contribution < 1.29 is 8.42 Å². The molecule has 2 rings (SSSR count). The summed E-state index contributed by atoms with van der Waals surface area (Å²) in [4.78, 5) is 4.10. The maximum Gasteiger partial charge on any atom is 0.222 e. The van der Waals surface area contributed by atoms with Crippen LogP contribution in [0.1, 0.15) is 0 Å². The van der Waals surface area contributed by atoms with Crippen LogP contribution < -0.4 is 4.72 Å². The maximum absolute atomic E-state index is 10.5. The molecular weight excluding hydrogens is 200 g/mol. The van der Waals surface area contributed by atoms with E-state index in [1.54, 1.807) is 18.3 Å². The van der Waals surface area contributed by atoms with E-state index in [9.17, 15) is 8.42 Å². The molecule has 4 nitrogen and oxygen atoms in total. The zero-order chi connectivity index (χ0) is 9.97. The van der Waals surface area contributed by atoms with Gasteiger partial charge in [0, 0.05) is 11.6 Å². The smallest absolute Gasteiger partial charge is 0.222 e. The van der Waals surface area contributed by atoms with Crippen LogP contribution in [0.3, 0.4) is 0 Å². The molecule has 0 fully saturated rings. The quantitative estimate of drug-likeness (QED) is 0.728. The Morgan fingerprint density at radius 1 is 1.14 bits per heavy atom. The topological polar surface area (TPSA) is 59.1 Å². The second kappa shape index (κ2) is 3.63. The summed E-state index contributed by atoms with van der Waals surface area (Å²) in [5, 5.41) is 0.911. The van der Waals surface area contributed by atoms with E-state index in [-0.39, 0.29) is 0 Å². The van der Waals surface area contributed by atoms with Gasteiger partial charge in [0.05, 0.1) is 11.2 Å². The van der Waals surface area contributed by atoms with Crippen molar-refractivity contribution in [2.75, 3.05) is 4.72 Å². The number of fused-ring (bicyclic) bond motifs is 1. The summed E-state index contributed by atoms with van der Waals surface area (Å²) in [6, 6.07) is 9.03. The third kappa shape index (κ3) is 1.67. The number of hydrogen-bond donors (Lipinski definition) is 2. The molecular formula is C9H8N2O2S. The van der Waals surface area contributed by atoms with Crippen molar-refractivity contribution in [1.29, 1.82) is 0 Å². The third-order valence-electron chi connectivity index (χ3n) is 1.84. The molecule has 0 aliphatic carbocycles. The van der Waals surface area contributed by atoms with Crippen molar-refractivity contribution in [3.63, 3.8) is 0 Å². The van der Waals surface area contributed by atoms with Gasteiger partial charge in [-0.25, -0.2) is 8.42 Å². The molecule has 0 radical (unpaired) electrons. The van der Waals surface area contributed by atoms with E-state index in [0.29, 0.717) is 11.2 Å². The lowest BCUT2D eigenvalue weighted by molar-refractivity contribution is 0.619. The van der Waals surface area contributed by atoms with Crippen LogP contribution in [-0.2, 0) is 10.9 Å². The molecule has 0 aliphatic heterocycles. The second-order valence-electron chi connectivity index (χ2n) is 2.75. The van der Waals surface area contributed by atoms with Gasteiger partial charge in [0.2, 0.25) is 10.9 Å². The van der Waals surface area contributed by atoms with Crippen molar-refractivity contribution in [2.45, 2.75) is 0 Å². The van der Waals surface area contributed by atoms with Gasteiger partial charge in [0.1, 0.15) is 0 Å². The van der Waals surface area contributed by atoms with Crippen LogP contribution in [0.15, 0.2) is 36.5 Å². The molecule has 5 heteroatoms. The first-order valence-corrected chi connectivity index (χ1v) is 5.20. The Morgan fingerprint density at radius 3 is 2.71 bits per heavy atom. The molecule has 1 heterocycles. The number of benzene rings is 1.